The molecule has 2 heteroatoms. The Labute approximate surface area is 123 Å². The van der Waals surface area contributed by atoms with E-state index in [2.05, 4.69) is 0 Å². The molecule has 0 N–H and O–H groups in total. The van der Waals surface area contributed by atoms with Crippen LogP contribution in [-0.2, 0) is 9.53 Å². The highest BCUT2D eigenvalue weighted by Crippen LogP contribution is 2.40. The van der Waals surface area contributed by atoms with Crippen LogP contribution < -0.4 is 0 Å². The van der Waals surface area contributed by atoms with E-state index < -0.39 is 0 Å². The quantitative estimate of drug-likeness (QED) is 0.689. The summed E-state index contributed by atoms with van der Waals surface area (Å²) >= 11 is 0. The van der Waals surface area contributed by atoms with Crippen LogP contribution in [0.3, 0.4) is 0 Å². The first-order valence-corrected chi connectivity index (χ1v) is 9.03. The zero-order chi connectivity index (χ0) is 13.8. The molecule has 114 valence electrons. The van der Waals surface area contributed by atoms with Crippen LogP contribution >= 0.6 is 0 Å². The largest absolute Gasteiger partial charge is 0.462 e. The van der Waals surface area contributed by atoms with E-state index in [1.165, 1.54) is 57.8 Å². The van der Waals surface area contributed by atoms with Crippen LogP contribution in [0.25, 0.3) is 0 Å². The molecule has 3 aliphatic rings. The summed E-state index contributed by atoms with van der Waals surface area (Å²) < 4.78 is 5.69. The number of rotatable bonds is 3. The van der Waals surface area contributed by atoms with Gasteiger partial charge in [-0.3, -0.25) is 4.79 Å². The summed E-state index contributed by atoms with van der Waals surface area (Å²) in [6.45, 7) is 0. The predicted molar refractivity (Wildman–Crippen MR) is 80.4 cm³/mol. The van der Waals surface area contributed by atoms with Crippen LogP contribution in [0.4, 0.5) is 0 Å². The van der Waals surface area contributed by atoms with Crippen LogP contribution in [0.15, 0.2) is 0 Å². The van der Waals surface area contributed by atoms with Crippen LogP contribution in [0.5, 0.6) is 0 Å². The molecule has 0 aromatic carbocycles. The Kier molecular flexibility index (Phi) is 5.01. The van der Waals surface area contributed by atoms with Gasteiger partial charge in [0.1, 0.15) is 6.10 Å². The van der Waals surface area contributed by atoms with E-state index in [1.807, 2.05) is 0 Å². The Morgan fingerprint density at radius 1 is 0.650 bits per heavy atom. The lowest BCUT2D eigenvalue weighted by molar-refractivity contribution is -0.155. The fourth-order valence-electron chi connectivity index (χ4n) is 4.70. The van der Waals surface area contributed by atoms with Gasteiger partial charge in [-0.25, -0.2) is 0 Å². The second kappa shape index (κ2) is 6.95. The van der Waals surface area contributed by atoms with Gasteiger partial charge < -0.3 is 4.74 Å². The van der Waals surface area contributed by atoms with Crippen LogP contribution in [-0.4, -0.2) is 12.1 Å². The van der Waals surface area contributed by atoms with E-state index in [0.29, 0.717) is 0 Å². The molecule has 0 amide bonds. The first-order valence-electron chi connectivity index (χ1n) is 9.03. The van der Waals surface area contributed by atoms with Gasteiger partial charge >= 0.3 is 5.97 Å². The van der Waals surface area contributed by atoms with E-state index in [0.717, 1.165) is 37.5 Å². The van der Waals surface area contributed by atoms with E-state index >= 15 is 0 Å². The minimum absolute atomic E-state index is 0.124. The second-order valence-electron chi connectivity index (χ2n) is 7.35. The summed E-state index contributed by atoms with van der Waals surface area (Å²) in [5.74, 6) is 2.22. The summed E-state index contributed by atoms with van der Waals surface area (Å²) in [5.41, 5.74) is 0. The number of carbonyl (C=O) groups excluding carboxylic acids is 1. The molecule has 0 aromatic heterocycles. The summed E-state index contributed by atoms with van der Waals surface area (Å²) in [6.07, 6.45) is 16.9. The standard InChI is InChI=1S/C18H30O2/c19-18(20-17-8-4-5-9-17)16-12-10-15(11-13-16)14-6-2-1-3-7-14/h14-17H,1-13H2. The highest BCUT2D eigenvalue weighted by atomic mass is 16.5. The topological polar surface area (TPSA) is 26.3 Å². The minimum atomic E-state index is 0.124. The molecule has 0 atom stereocenters. The van der Waals surface area contributed by atoms with Crippen LogP contribution in [0.2, 0.25) is 0 Å². The summed E-state index contributed by atoms with van der Waals surface area (Å²) in [5, 5.41) is 0. The van der Waals surface area contributed by atoms with Crippen molar-refractivity contribution in [2.75, 3.05) is 0 Å². The van der Waals surface area contributed by atoms with Crippen molar-refractivity contribution in [3.05, 3.63) is 0 Å². The van der Waals surface area contributed by atoms with Gasteiger partial charge in [0.25, 0.3) is 0 Å². The van der Waals surface area contributed by atoms with Crippen LogP contribution in [0, 0.1) is 17.8 Å². The SMILES string of the molecule is O=C(OC1CCCC1)C1CCC(C2CCCCC2)CC1. The molecule has 2 nitrogen and oxygen atoms in total. The third-order valence-corrected chi connectivity index (χ3v) is 6.01. The van der Waals surface area contributed by atoms with Crippen molar-refractivity contribution in [3.8, 4) is 0 Å². The lowest BCUT2D eigenvalue weighted by Gasteiger charge is -2.35. The van der Waals surface area contributed by atoms with Crippen molar-refractivity contribution in [3.63, 3.8) is 0 Å². The van der Waals surface area contributed by atoms with Crippen LogP contribution in [0.1, 0.15) is 83.5 Å². The molecule has 3 rings (SSSR count). The first kappa shape index (κ1) is 14.4. The maximum Gasteiger partial charge on any atom is 0.309 e. The zero-order valence-electron chi connectivity index (χ0n) is 12.8. The number of hydrogen-bond acceptors (Lipinski definition) is 2. The molecule has 0 radical (unpaired) electrons. The molecule has 3 aliphatic carbocycles. The molecule has 0 unspecified atom stereocenters. The van der Waals surface area contributed by atoms with Crippen molar-refractivity contribution < 1.29 is 9.53 Å². The molecule has 3 fully saturated rings. The summed E-state index contributed by atoms with van der Waals surface area (Å²) in [4.78, 5) is 12.2. The predicted octanol–water partition coefficient (Wildman–Crippen LogP) is 4.86. The Bertz CT molecular complexity index is 305. The zero-order valence-corrected chi connectivity index (χ0v) is 12.8. The highest BCUT2D eigenvalue weighted by molar-refractivity contribution is 5.72. The molecule has 0 heterocycles. The highest BCUT2D eigenvalue weighted by Gasteiger charge is 2.33. The average molecular weight is 278 g/mol. The van der Waals surface area contributed by atoms with Gasteiger partial charge in [-0.2, -0.15) is 0 Å². The fourth-order valence-corrected chi connectivity index (χ4v) is 4.70. The Hall–Kier alpha value is -0.530. The number of ether oxygens (including phenoxy) is 1. The van der Waals surface area contributed by atoms with Gasteiger partial charge in [0.05, 0.1) is 5.92 Å². The Morgan fingerprint density at radius 3 is 1.85 bits per heavy atom. The van der Waals surface area contributed by atoms with Crippen molar-refractivity contribution in [2.24, 2.45) is 17.8 Å². The summed E-state index contributed by atoms with van der Waals surface area (Å²) in [6, 6.07) is 0. The smallest absolute Gasteiger partial charge is 0.309 e. The minimum Gasteiger partial charge on any atom is -0.462 e. The molecule has 0 aromatic rings. The molecule has 0 bridgehead atoms. The van der Waals surface area contributed by atoms with Gasteiger partial charge in [0.2, 0.25) is 0 Å². The maximum atomic E-state index is 12.2. The normalized spacial score (nSPS) is 33.2. The summed E-state index contributed by atoms with van der Waals surface area (Å²) in [7, 11) is 0. The average Bonchev–Trinajstić information content (AvgIpc) is 3.01. The monoisotopic (exact) mass is 278 g/mol. The molecule has 3 saturated carbocycles. The molecule has 0 saturated heterocycles. The molecule has 20 heavy (non-hydrogen) atoms. The van der Waals surface area contributed by atoms with Gasteiger partial charge in [-0.1, -0.05) is 32.1 Å². The van der Waals surface area contributed by atoms with Crippen molar-refractivity contribution in [1.29, 1.82) is 0 Å². The van der Waals surface area contributed by atoms with E-state index in [1.54, 1.807) is 0 Å². The molecular formula is C18H30O2. The third-order valence-electron chi connectivity index (χ3n) is 6.01. The fraction of sp³-hybridized carbons (Fsp3) is 0.944. The molecule has 0 aliphatic heterocycles. The maximum absolute atomic E-state index is 12.2. The van der Waals surface area contributed by atoms with Crippen molar-refractivity contribution in [2.45, 2.75) is 89.6 Å². The van der Waals surface area contributed by atoms with Crippen molar-refractivity contribution in [1.82, 2.24) is 0 Å². The first-order chi connectivity index (χ1) is 9.83. The van der Waals surface area contributed by atoms with Crippen molar-refractivity contribution >= 4 is 5.97 Å². The lowest BCUT2D eigenvalue weighted by atomic mass is 9.71. The Balaban J connectivity index is 1.41. The number of esters is 1. The molecular weight excluding hydrogens is 248 g/mol. The third kappa shape index (κ3) is 3.56. The van der Waals surface area contributed by atoms with E-state index in [-0.39, 0.29) is 18.0 Å². The number of carbonyl (C=O) groups is 1. The van der Waals surface area contributed by atoms with E-state index in [4.69, 9.17) is 4.74 Å². The molecule has 0 spiro atoms. The van der Waals surface area contributed by atoms with Gasteiger partial charge in [-0.15, -0.1) is 0 Å². The van der Waals surface area contributed by atoms with E-state index in [9.17, 15) is 4.79 Å². The van der Waals surface area contributed by atoms with Gasteiger partial charge in [-0.05, 0) is 63.2 Å². The van der Waals surface area contributed by atoms with Gasteiger partial charge in [0, 0.05) is 0 Å². The van der Waals surface area contributed by atoms with Gasteiger partial charge in [0.15, 0.2) is 0 Å². The number of hydrogen-bond donors (Lipinski definition) is 0. The Morgan fingerprint density at radius 2 is 1.20 bits per heavy atom. The second-order valence-corrected chi connectivity index (χ2v) is 7.35. The lowest BCUT2D eigenvalue weighted by Crippen LogP contribution is -2.29.